The summed E-state index contributed by atoms with van der Waals surface area (Å²) >= 11 is 3.45. The zero-order valence-corrected chi connectivity index (χ0v) is 12.9. The van der Waals surface area contributed by atoms with Crippen molar-refractivity contribution in [1.82, 2.24) is 15.5 Å². The molecule has 19 heavy (non-hydrogen) atoms. The van der Waals surface area contributed by atoms with Gasteiger partial charge >= 0.3 is 0 Å². The number of rotatable bonds is 5. The number of nitrogens with one attached hydrogen (secondary N) is 1. The third kappa shape index (κ3) is 3.64. The van der Waals surface area contributed by atoms with Gasteiger partial charge in [0.25, 0.3) is 0 Å². The Morgan fingerprint density at radius 1 is 1.26 bits per heavy atom. The van der Waals surface area contributed by atoms with Crippen LogP contribution in [0.5, 0.6) is 0 Å². The zero-order chi connectivity index (χ0) is 13.8. The van der Waals surface area contributed by atoms with Gasteiger partial charge in [-0.25, -0.2) is 0 Å². The molecule has 0 fully saturated rings. The minimum atomic E-state index is 0.0368. The number of aryl methyl sites for hydroxylation is 1. The first-order valence-electron chi connectivity index (χ1n) is 6.41. The third-order valence-electron chi connectivity index (χ3n) is 3.04. The summed E-state index contributed by atoms with van der Waals surface area (Å²) in [5.74, 6) is 1.23. The molecule has 0 radical (unpaired) electrons. The molecular weight excluding hydrogens is 306 g/mol. The highest BCUT2D eigenvalue weighted by molar-refractivity contribution is 9.10. The van der Waals surface area contributed by atoms with Crippen LogP contribution in [0.1, 0.15) is 49.7 Å². The van der Waals surface area contributed by atoms with Gasteiger partial charge in [0.15, 0.2) is 0 Å². The Hall–Kier alpha value is -1.20. The van der Waals surface area contributed by atoms with Gasteiger partial charge in [0.1, 0.15) is 0 Å². The molecule has 0 aliphatic rings. The van der Waals surface area contributed by atoms with E-state index in [-0.39, 0.29) is 12.1 Å². The van der Waals surface area contributed by atoms with E-state index >= 15 is 0 Å². The maximum atomic E-state index is 5.45. The van der Waals surface area contributed by atoms with Crippen LogP contribution < -0.4 is 5.32 Å². The minimum Gasteiger partial charge on any atom is -0.424 e. The summed E-state index contributed by atoms with van der Waals surface area (Å²) < 4.78 is 6.54. The number of nitrogens with zero attached hydrogens (tertiary/aromatic N) is 2. The van der Waals surface area contributed by atoms with E-state index in [0.29, 0.717) is 11.8 Å². The summed E-state index contributed by atoms with van der Waals surface area (Å²) in [6.07, 6.45) is 0.999. The quantitative estimate of drug-likeness (QED) is 0.905. The molecule has 1 N–H and O–H groups in total. The fourth-order valence-corrected chi connectivity index (χ4v) is 2.27. The molecule has 102 valence electrons. The molecule has 0 aliphatic heterocycles. The highest BCUT2D eigenvalue weighted by atomic mass is 79.9. The van der Waals surface area contributed by atoms with Crippen molar-refractivity contribution in [2.24, 2.45) is 0 Å². The van der Waals surface area contributed by atoms with E-state index in [0.717, 1.165) is 10.9 Å². The van der Waals surface area contributed by atoms with Crippen LogP contribution in [0.4, 0.5) is 0 Å². The van der Waals surface area contributed by atoms with Crippen molar-refractivity contribution in [2.75, 3.05) is 0 Å². The fraction of sp³-hybridized carbons (Fsp3) is 0.429. The van der Waals surface area contributed by atoms with Crippen LogP contribution >= 0.6 is 15.9 Å². The summed E-state index contributed by atoms with van der Waals surface area (Å²) in [5.41, 5.74) is 1.26. The lowest BCUT2D eigenvalue weighted by Gasteiger charge is -2.20. The summed E-state index contributed by atoms with van der Waals surface area (Å²) in [6.45, 7) is 6.00. The fourth-order valence-electron chi connectivity index (χ4n) is 2.00. The number of hydrogen-bond donors (Lipinski definition) is 1. The summed E-state index contributed by atoms with van der Waals surface area (Å²) in [7, 11) is 0. The molecule has 1 aromatic carbocycles. The first kappa shape index (κ1) is 14.2. The second-order valence-corrected chi connectivity index (χ2v) is 5.48. The number of benzene rings is 1. The average Bonchev–Trinajstić information content (AvgIpc) is 2.84. The molecule has 0 bridgehead atoms. The lowest BCUT2D eigenvalue weighted by atomic mass is 10.0. The topological polar surface area (TPSA) is 51.0 Å². The molecule has 2 rings (SSSR count). The number of halogens is 1. The molecule has 0 spiro atoms. The predicted octanol–water partition coefficient (Wildman–Crippen LogP) is 3.94. The van der Waals surface area contributed by atoms with Crippen molar-refractivity contribution >= 4 is 15.9 Å². The molecule has 4 nitrogen and oxygen atoms in total. The Balaban J connectivity index is 2.08. The second kappa shape index (κ2) is 6.30. The smallest absolute Gasteiger partial charge is 0.233 e. The number of hydrogen-bond acceptors (Lipinski definition) is 4. The van der Waals surface area contributed by atoms with Gasteiger partial charge in [0.05, 0.1) is 6.04 Å². The van der Waals surface area contributed by atoms with Gasteiger partial charge in [-0.3, -0.25) is 5.32 Å². The Morgan fingerprint density at radius 2 is 1.95 bits per heavy atom. The van der Waals surface area contributed by atoms with E-state index in [1.807, 2.05) is 6.92 Å². The molecule has 0 unspecified atom stereocenters. The highest BCUT2D eigenvalue weighted by Crippen LogP contribution is 2.23. The van der Waals surface area contributed by atoms with Crippen LogP contribution in [0.3, 0.4) is 0 Å². The van der Waals surface area contributed by atoms with Gasteiger partial charge in [-0.1, -0.05) is 35.0 Å². The summed E-state index contributed by atoms with van der Waals surface area (Å²) in [6, 6.07) is 8.67. The second-order valence-electron chi connectivity index (χ2n) is 4.56. The molecule has 2 aromatic rings. The molecule has 1 aromatic heterocycles. The Kier molecular flexibility index (Phi) is 4.71. The van der Waals surface area contributed by atoms with Crippen LogP contribution in [0.15, 0.2) is 33.2 Å². The van der Waals surface area contributed by atoms with E-state index in [1.54, 1.807) is 6.92 Å². The molecule has 5 heteroatoms. The van der Waals surface area contributed by atoms with Gasteiger partial charge in [0, 0.05) is 17.4 Å². The first-order chi connectivity index (χ1) is 9.10. The van der Waals surface area contributed by atoms with E-state index in [4.69, 9.17) is 4.42 Å². The lowest BCUT2D eigenvalue weighted by molar-refractivity contribution is 0.367. The maximum absolute atomic E-state index is 5.45. The highest BCUT2D eigenvalue weighted by Gasteiger charge is 2.17. The average molecular weight is 324 g/mol. The van der Waals surface area contributed by atoms with Gasteiger partial charge < -0.3 is 4.42 Å². The Morgan fingerprint density at radius 3 is 2.47 bits per heavy atom. The third-order valence-corrected chi connectivity index (χ3v) is 3.57. The van der Waals surface area contributed by atoms with Crippen molar-refractivity contribution in [1.29, 1.82) is 0 Å². The van der Waals surface area contributed by atoms with Gasteiger partial charge in [-0.15, -0.1) is 10.2 Å². The normalized spacial score (nSPS) is 14.3. The number of aromatic nitrogens is 2. The summed E-state index contributed by atoms with van der Waals surface area (Å²) in [4.78, 5) is 0. The van der Waals surface area contributed by atoms with Crippen molar-refractivity contribution in [3.05, 3.63) is 46.1 Å². The molecule has 0 saturated carbocycles. The Labute approximate surface area is 121 Å². The van der Waals surface area contributed by atoms with Gasteiger partial charge in [-0.05, 0) is 31.0 Å². The molecule has 0 amide bonds. The SMILES string of the molecule is CC[C@H](N[C@@H](C)c1nnc(C)o1)c1ccc(Br)cc1. The van der Waals surface area contributed by atoms with Gasteiger partial charge in [0.2, 0.25) is 11.8 Å². The molecule has 0 aliphatic carbocycles. The first-order valence-corrected chi connectivity index (χ1v) is 7.21. The Bertz CT molecular complexity index is 524. The van der Waals surface area contributed by atoms with Crippen molar-refractivity contribution in [3.63, 3.8) is 0 Å². The molecule has 1 heterocycles. The minimum absolute atomic E-state index is 0.0368. The molecule has 0 saturated heterocycles. The van der Waals surface area contributed by atoms with Crippen LogP contribution in [-0.4, -0.2) is 10.2 Å². The zero-order valence-electron chi connectivity index (χ0n) is 11.4. The van der Waals surface area contributed by atoms with Crippen LogP contribution in [0.2, 0.25) is 0 Å². The van der Waals surface area contributed by atoms with Crippen molar-refractivity contribution < 1.29 is 4.42 Å². The van der Waals surface area contributed by atoms with Crippen molar-refractivity contribution in [3.8, 4) is 0 Å². The monoisotopic (exact) mass is 323 g/mol. The van der Waals surface area contributed by atoms with E-state index in [1.165, 1.54) is 5.56 Å². The molecular formula is C14H18BrN3O. The van der Waals surface area contributed by atoms with Crippen molar-refractivity contribution in [2.45, 2.75) is 39.3 Å². The standard InChI is InChI=1S/C14H18BrN3O/c1-4-13(11-5-7-12(15)8-6-11)16-9(2)14-18-17-10(3)19-14/h5-9,13,16H,4H2,1-3H3/t9-,13-/m0/s1. The largest absolute Gasteiger partial charge is 0.424 e. The van der Waals surface area contributed by atoms with Gasteiger partial charge in [-0.2, -0.15) is 0 Å². The van der Waals surface area contributed by atoms with Crippen LogP contribution in [-0.2, 0) is 0 Å². The predicted molar refractivity (Wildman–Crippen MR) is 77.8 cm³/mol. The molecule has 2 atom stereocenters. The maximum Gasteiger partial charge on any atom is 0.233 e. The van der Waals surface area contributed by atoms with E-state index in [9.17, 15) is 0 Å². The van der Waals surface area contributed by atoms with E-state index in [2.05, 4.69) is 62.6 Å². The van der Waals surface area contributed by atoms with E-state index < -0.39 is 0 Å². The lowest BCUT2D eigenvalue weighted by Crippen LogP contribution is -2.24. The summed E-state index contributed by atoms with van der Waals surface area (Å²) in [5, 5.41) is 11.4. The van der Waals surface area contributed by atoms with Crippen LogP contribution in [0.25, 0.3) is 0 Å². The van der Waals surface area contributed by atoms with Crippen LogP contribution in [0, 0.1) is 6.92 Å².